The lowest BCUT2D eigenvalue weighted by atomic mass is 10.0. The summed E-state index contributed by atoms with van der Waals surface area (Å²) >= 11 is 12.0. The quantitative estimate of drug-likeness (QED) is 0.752. The van der Waals surface area contributed by atoms with Crippen LogP contribution in [0.5, 0.6) is 0 Å². The van der Waals surface area contributed by atoms with E-state index in [-0.39, 0.29) is 0 Å². The Labute approximate surface area is 118 Å². The number of nitrogens with one attached hydrogen (secondary N) is 2. The average molecular weight is 292 g/mol. The number of hydrogen-bond acceptors (Lipinski definition) is 4. The van der Waals surface area contributed by atoms with Gasteiger partial charge in [0.25, 0.3) is 0 Å². The molecule has 0 aliphatic carbocycles. The van der Waals surface area contributed by atoms with Crippen molar-refractivity contribution >= 4 is 34.8 Å². The predicted octanol–water partition coefficient (Wildman–Crippen LogP) is 3.39. The molecule has 1 rings (SSSR count). The van der Waals surface area contributed by atoms with Crippen LogP contribution in [0.3, 0.4) is 0 Å². The highest BCUT2D eigenvalue weighted by Gasteiger charge is 2.19. The van der Waals surface area contributed by atoms with E-state index in [4.69, 9.17) is 23.2 Å². The fraction of sp³-hybridized carbons (Fsp3) is 0.583. The first-order valence-electron chi connectivity index (χ1n) is 5.89. The Morgan fingerprint density at radius 1 is 1.33 bits per heavy atom. The SMILES string of the molecule is CCCC(C)(O)CNc1nc(NC)c(Cl)cc1Cl. The molecule has 1 aromatic heterocycles. The second-order valence-corrected chi connectivity index (χ2v) is 5.31. The minimum Gasteiger partial charge on any atom is -0.388 e. The van der Waals surface area contributed by atoms with E-state index in [0.717, 1.165) is 6.42 Å². The van der Waals surface area contributed by atoms with Crippen LogP contribution in [-0.2, 0) is 0 Å². The number of aromatic nitrogens is 1. The Bertz CT molecular complexity index is 411. The highest BCUT2D eigenvalue weighted by molar-refractivity contribution is 6.37. The first-order chi connectivity index (χ1) is 8.39. The number of rotatable bonds is 6. The highest BCUT2D eigenvalue weighted by atomic mass is 35.5. The van der Waals surface area contributed by atoms with Gasteiger partial charge in [0.1, 0.15) is 11.6 Å². The summed E-state index contributed by atoms with van der Waals surface area (Å²) in [7, 11) is 1.74. The van der Waals surface area contributed by atoms with Gasteiger partial charge < -0.3 is 15.7 Å². The molecule has 18 heavy (non-hydrogen) atoms. The van der Waals surface area contributed by atoms with Gasteiger partial charge in [0, 0.05) is 13.6 Å². The van der Waals surface area contributed by atoms with Crippen LogP contribution in [-0.4, -0.2) is 29.3 Å². The second kappa shape index (κ2) is 6.45. The van der Waals surface area contributed by atoms with Gasteiger partial charge in [0.05, 0.1) is 15.6 Å². The average Bonchev–Trinajstić information content (AvgIpc) is 2.28. The maximum Gasteiger partial charge on any atom is 0.147 e. The highest BCUT2D eigenvalue weighted by Crippen LogP contribution is 2.29. The molecule has 0 saturated carbocycles. The number of nitrogens with zero attached hydrogens (tertiary/aromatic N) is 1. The molecule has 4 nitrogen and oxygen atoms in total. The van der Waals surface area contributed by atoms with Gasteiger partial charge >= 0.3 is 0 Å². The Balaban J connectivity index is 2.79. The monoisotopic (exact) mass is 291 g/mol. The summed E-state index contributed by atoms with van der Waals surface area (Å²) in [5, 5.41) is 16.9. The van der Waals surface area contributed by atoms with E-state index in [9.17, 15) is 5.11 Å². The van der Waals surface area contributed by atoms with Crippen molar-refractivity contribution in [3.8, 4) is 0 Å². The molecule has 0 spiro atoms. The van der Waals surface area contributed by atoms with E-state index in [1.807, 2.05) is 6.92 Å². The molecule has 0 aromatic carbocycles. The third-order valence-corrected chi connectivity index (χ3v) is 3.17. The molecule has 1 aromatic rings. The van der Waals surface area contributed by atoms with Crippen molar-refractivity contribution in [3.05, 3.63) is 16.1 Å². The van der Waals surface area contributed by atoms with Crippen molar-refractivity contribution in [3.63, 3.8) is 0 Å². The van der Waals surface area contributed by atoms with Crippen LogP contribution >= 0.6 is 23.2 Å². The van der Waals surface area contributed by atoms with Crippen LogP contribution in [0.2, 0.25) is 10.0 Å². The van der Waals surface area contributed by atoms with Gasteiger partial charge in [-0.15, -0.1) is 0 Å². The van der Waals surface area contributed by atoms with Crippen LogP contribution in [0.4, 0.5) is 11.6 Å². The smallest absolute Gasteiger partial charge is 0.147 e. The van der Waals surface area contributed by atoms with E-state index in [1.54, 1.807) is 20.0 Å². The van der Waals surface area contributed by atoms with Crippen molar-refractivity contribution in [2.75, 3.05) is 24.2 Å². The van der Waals surface area contributed by atoms with Crippen molar-refractivity contribution < 1.29 is 5.11 Å². The van der Waals surface area contributed by atoms with Crippen LogP contribution in [0.1, 0.15) is 26.7 Å². The standard InChI is InChI=1S/C12H19Cl2N3O/c1-4-5-12(2,18)7-16-11-9(14)6-8(13)10(15-3)17-11/h6,18H,4-5,7H2,1-3H3,(H2,15,16,17). The molecular weight excluding hydrogens is 273 g/mol. The maximum absolute atomic E-state index is 10.1. The predicted molar refractivity (Wildman–Crippen MR) is 77.8 cm³/mol. The molecule has 6 heteroatoms. The minimum atomic E-state index is -0.779. The van der Waals surface area contributed by atoms with Crippen LogP contribution in [0.15, 0.2) is 6.07 Å². The molecule has 3 N–H and O–H groups in total. The molecule has 0 aliphatic heterocycles. The first-order valence-corrected chi connectivity index (χ1v) is 6.65. The number of aliphatic hydroxyl groups is 1. The minimum absolute atomic E-state index is 0.387. The molecule has 0 amide bonds. The molecule has 1 atom stereocenters. The molecule has 0 bridgehead atoms. The van der Waals surface area contributed by atoms with Gasteiger partial charge in [-0.2, -0.15) is 0 Å². The molecule has 0 fully saturated rings. The molecule has 1 heterocycles. The number of anilines is 2. The Hall–Kier alpha value is -0.710. The number of halogens is 2. The Kier molecular flexibility index (Phi) is 5.50. The van der Waals surface area contributed by atoms with E-state index in [2.05, 4.69) is 15.6 Å². The lowest BCUT2D eigenvalue weighted by Crippen LogP contribution is -2.33. The van der Waals surface area contributed by atoms with Crippen LogP contribution in [0, 0.1) is 0 Å². The topological polar surface area (TPSA) is 57.2 Å². The van der Waals surface area contributed by atoms with Gasteiger partial charge in [-0.1, -0.05) is 36.5 Å². The third kappa shape index (κ3) is 4.19. The number of hydrogen-bond donors (Lipinski definition) is 3. The summed E-state index contributed by atoms with van der Waals surface area (Å²) in [6, 6.07) is 1.62. The summed E-state index contributed by atoms with van der Waals surface area (Å²) in [6.45, 7) is 4.20. The summed E-state index contributed by atoms with van der Waals surface area (Å²) in [5.41, 5.74) is -0.779. The van der Waals surface area contributed by atoms with Crippen LogP contribution < -0.4 is 10.6 Å². The van der Waals surface area contributed by atoms with Gasteiger partial charge in [0.2, 0.25) is 0 Å². The first kappa shape index (κ1) is 15.3. The van der Waals surface area contributed by atoms with Crippen LogP contribution in [0.25, 0.3) is 0 Å². The van der Waals surface area contributed by atoms with Crippen molar-refractivity contribution in [1.29, 1.82) is 0 Å². The van der Waals surface area contributed by atoms with Crippen molar-refractivity contribution in [2.45, 2.75) is 32.3 Å². The van der Waals surface area contributed by atoms with E-state index >= 15 is 0 Å². The summed E-state index contributed by atoms with van der Waals surface area (Å²) < 4.78 is 0. The molecule has 0 saturated heterocycles. The molecule has 1 unspecified atom stereocenters. The van der Waals surface area contributed by atoms with E-state index < -0.39 is 5.60 Å². The van der Waals surface area contributed by atoms with Gasteiger partial charge in [-0.05, 0) is 19.4 Å². The summed E-state index contributed by atoms with van der Waals surface area (Å²) in [4.78, 5) is 4.26. The summed E-state index contributed by atoms with van der Waals surface area (Å²) in [6.07, 6.45) is 1.63. The zero-order valence-electron chi connectivity index (χ0n) is 10.8. The summed E-state index contributed by atoms with van der Waals surface area (Å²) in [5.74, 6) is 1.07. The normalized spacial score (nSPS) is 14.1. The van der Waals surface area contributed by atoms with Crippen molar-refractivity contribution in [2.24, 2.45) is 0 Å². The van der Waals surface area contributed by atoms with Gasteiger partial charge in [-0.25, -0.2) is 4.98 Å². The van der Waals surface area contributed by atoms with Gasteiger partial charge in [0.15, 0.2) is 0 Å². The van der Waals surface area contributed by atoms with E-state index in [1.165, 1.54) is 0 Å². The largest absolute Gasteiger partial charge is 0.388 e. The van der Waals surface area contributed by atoms with Crippen molar-refractivity contribution in [1.82, 2.24) is 4.98 Å². The molecule has 102 valence electrons. The fourth-order valence-corrected chi connectivity index (χ4v) is 2.19. The molecule has 0 radical (unpaired) electrons. The lowest BCUT2D eigenvalue weighted by molar-refractivity contribution is 0.0636. The fourth-order valence-electron chi connectivity index (χ4n) is 1.67. The second-order valence-electron chi connectivity index (χ2n) is 4.50. The Morgan fingerprint density at radius 3 is 2.50 bits per heavy atom. The zero-order valence-corrected chi connectivity index (χ0v) is 12.4. The van der Waals surface area contributed by atoms with Gasteiger partial charge in [-0.3, -0.25) is 0 Å². The zero-order chi connectivity index (χ0) is 13.8. The molecule has 0 aliphatic rings. The number of pyridine rings is 1. The lowest BCUT2D eigenvalue weighted by Gasteiger charge is -2.23. The van der Waals surface area contributed by atoms with E-state index in [0.29, 0.717) is 34.6 Å². The third-order valence-electron chi connectivity index (χ3n) is 2.59. The Morgan fingerprint density at radius 2 is 1.94 bits per heavy atom. The molecular formula is C12H19Cl2N3O. The maximum atomic E-state index is 10.1.